The molecule has 8 nitrogen and oxygen atoms in total. The molecule has 2 aromatic carbocycles. The van der Waals surface area contributed by atoms with Crippen molar-refractivity contribution in [2.45, 2.75) is 51.1 Å². The zero-order valence-corrected chi connectivity index (χ0v) is 20.4. The number of anilines is 1. The largest absolute Gasteiger partial charge is 0.455 e. The van der Waals surface area contributed by atoms with Crippen molar-refractivity contribution in [1.29, 1.82) is 5.26 Å². The van der Waals surface area contributed by atoms with E-state index >= 15 is 0 Å². The lowest BCUT2D eigenvalue weighted by Crippen LogP contribution is -2.46. The first kappa shape index (κ1) is 24.3. The Labute approximate surface area is 209 Å². The highest BCUT2D eigenvalue weighted by atomic mass is 19.1. The Morgan fingerprint density at radius 1 is 1.22 bits per heavy atom. The highest BCUT2D eigenvalue weighted by molar-refractivity contribution is 5.78. The summed E-state index contributed by atoms with van der Waals surface area (Å²) in [7, 11) is 1.46. The summed E-state index contributed by atoms with van der Waals surface area (Å²) >= 11 is 0. The summed E-state index contributed by atoms with van der Waals surface area (Å²) in [5.41, 5.74) is 3.52. The molecule has 0 amide bonds. The van der Waals surface area contributed by atoms with Crippen LogP contribution in [-0.4, -0.2) is 47.5 Å². The fraction of sp³-hybridized carbons (Fsp3) is 0.407. The lowest BCUT2D eigenvalue weighted by Gasteiger charge is -2.40. The summed E-state index contributed by atoms with van der Waals surface area (Å²) in [5.74, 6) is 0.345. The van der Waals surface area contributed by atoms with E-state index in [1.54, 1.807) is 0 Å². The number of halogens is 1. The van der Waals surface area contributed by atoms with Crippen molar-refractivity contribution in [3.63, 3.8) is 0 Å². The van der Waals surface area contributed by atoms with E-state index in [1.165, 1.54) is 25.3 Å². The zero-order valence-electron chi connectivity index (χ0n) is 20.4. The summed E-state index contributed by atoms with van der Waals surface area (Å²) in [6, 6.07) is 10.2. The smallest absolute Gasteiger partial charge is 0.237 e. The molecule has 0 radical (unpaired) electrons. The summed E-state index contributed by atoms with van der Waals surface area (Å²) in [6.45, 7) is 3.96. The molecule has 36 heavy (non-hydrogen) atoms. The molecule has 0 bridgehead atoms. The maximum absolute atomic E-state index is 13.8. The molecule has 0 spiro atoms. The minimum Gasteiger partial charge on any atom is -0.455 e. The molecular weight excluding hydrogens is 461 g/mol. The standard InChI is InChI=1S/C27H30FN5O3/c1-17-3-5-23-24(33(17)27(34)35-2)7-6-22(19-15-31-32(16-19)21-9-11-30-12-10-21)26(23)36-25-8-4-20(28)13-18(25)14-29/h4,6-8,13,15-17,21,27,30,34H,3,5,9-12H2,1-2H3/t17-,27?/m0/s1. The number of benzene rings is 2. The van der Waals surface area contributed by atoms with Gasteiger partial charge in [-0.2, -0.15) is 10.4 Å². The highest BCUT2D eigenvalue weighted by Gasteiger charge is 2.32. The SMILES string of the molecule is COC(O)N1c2ccc(-c3cnn(C4CCNCC4)c3)c(Oc3ccc(F)cc3C#N)c2CC[C@@H]1C. The van der Waals surface area contributed by atoms with E-state index in [-0.39, 0.29) is 17.4 Å². The van der Waals surface area contributed by atoms with Crippen LogP contribution in [0.2, 0.25) is 0 Å². The lowest BCUT2D eigenvalue weighted by molar-refractivity contribution is -0.0795. The number of aliphatic hydroxyl groups excluding tert-OH is 1. The molecule has 1 fully saturated rings. The number of hydrogen-bond donors (Lipinski definition) is 2. The number of piperidine rings is 1. The highest BCUT2D eigenvalue weighted by Crippen LogP contribution is 2.45. The first-order valence-corrected chi connectivity index (χ1v) is 12.3. The summed E-state index contributed by atoms with van der Waals surface area (Å²) < 4.78 is 27.5. The molecule has 3 heterocycles. The molecule has 0 saturated carbocycles. The molecule has 3 aromatic rings. The third-order valence-electron chi connectivity index (χ3n) is 7.12. The first-order chi connectivity index (χ1) is 17.5. The van der Waals surface area contributed by atoms with Crippen LogP contribution in [0.5, 0.6) is 11.5 Å². The third kappa shape index (κ3) is 4.55. The molecule has 0 aliphatic carbocycles. The van der Waals surface area contributed by atoms with Gasteiger partial charge in [-0.05, 0) is 76.0 Å². The minimum absolute atomic E-state index is 0.0503. The normalized spacial score (nSPS) is 19.0. The molecule has 9 heteroatoms. The van der Waals surface area contributed by atoms with E-state index in [4.69, 9.17) is 9.47 Å². The second kappa shape index (κ2) is 10.3. The summed E-state index contributed by atoms with van der Waals surface area (Å²) in [6.07, 6.45) is 6.26. The number of ether oxygens (including phenoxy) is 2. The number of nitrogens with one attached hydrogen (secondary N) is 1. The van der Waals surface area contributed by atoms with Crippen molar-refractivity contribution >= 4 is 5.69 Å². The van der Waals surface area contributed by atoms with Crippen LogP contribution in [0, 0.1) is 17.1 Å². The molecular formula is C27H30FN5O3. The number of nitrogens with zero attached hydrogens (tertiary/aromatic N) is 4. The number of hydrogen-bond acceptors (Lipinski definition) is 7. The molecule has 1 saturated heterocycles. The van der Waals surface area contributed by atoms with E-state index in [2.05, 4.69) is 10.4 Å². The third-order valence-corrected chi connectivity index (χ3v) is 7.12. The monoisotopic (exact) mass is 491 g/mol. The van der Waals surface area contributed by atoms with Crippen LogP contribution in [0.15, 0.2) is 42.7 Å². The quantitative estimate of drug-likeness (QED) is 0.495. The first-order valence-electron chi connectivity index (χ1n) is 12.3. The number of aliphatic hydroxyl groups is 1. The van der Waals surface area contributed by atoms with Crippen molar-refractivity contribution in [3.8, 4) is 28.7 Å². The summed E-state index contributed by atoms with van der Waals surface area (Å²) in [4.78, 5) is 1.82. The molecule has 188 valence electrons. The van der Waals surface area contributed by atoms with Crippen molar-refractivity contribution in [2.75, 3.05) is 25.1 Å². The molecule has 2 aliphatic heterocycles. The van der Waals surface area contributed by atoms with Crippen molar-refractivity contribution in [1.82, 2.24) is 15.1 Å². The predicted molar refractivity (Wildman–Crippen MR) is 133 cm³/mol. The molecule has 2 atom stereocenters. The average molecular weight is 492 g/mol. The van der Waals surface area contributed by atoms with Crippen LogP contribution < -0.4 is 15.0 Å². The molecule has 2 aliphatic rings. The summed E-state index contributed by atoms with van der Waals surface area (Å²) in [5, 5.41) is 28.2. The second-order valence-electron chi connectivity index (χ2n) is 9.34. The van der Waals surface area contributed by atoms with Crippen molar-refractivity contribution in [2.24, 2.45) is 0 Å². The van der Waals surface area contributed by atoms with Crippen LogP contribution >= 0.6 is 0 Å². The number of rotatable bonds is 6. The predicted octanol–water partition coefficient (Wildman–Crippen LogP) is 4.34. The molecule has 2 N–H and O–H groups in total. The fourth-order valence-corrected chi connectivity index (χ4v) is 5.16. The topological polar surface area (TPSA) is 95.6 Å². The zero-order chi connectivity index (χ0) is 25.2. The number of nitriles is 1. The van der Waals surface area contributed by atoms with Crippen LogP contribution in [0.3, 0.4) is 0 Å². The molecule has 1 unspecified atom stereocenters. The van der Waals surface area contributed by atoms with Gasteiger partial charge in [0, 0.05) is 41.7 Å². The van der Waals surface area contributed by atoms with Gasteiger partial charge >= 0.3 is 0 Å². The van der Waals surface area contributed by atoms with Gasteiger partial charge in [0.2, 0.25) is 6.41 Å². The minimum atomic E-state index is -1.11. The Kier molecular flexibility index (Phi) is 6.92. The van der Waals surface area contributed by atoms with E-state index in [0.717, 1.165) is 54.7 Å². The van der Waals surface area contributed by atoms with Crippen molar-refractivity contribution < 1.29 is 19.0 Å². The van der Waals surface area contributed by atoms with E-state index < -0.39 is 12.2 Å². The second-order valence-corrected chi connectivity index (χ2v) is 9.34. The van der Waals surface area contributed by atoms with Gasteiger partial charge in [0.15, 0.2) is 0 Å². The van der Waals surface area contributed by atoms with E-state index in [0.29, 0.717) is 18.2 Å². The van der Waals surface area contributed by atoms with Crippen LogP contribution in [0.4, 0.5) is 10.1 Å². The van der Waals surface area contributed by atoms with Gasteiger partial charge in [-0.15, -0.1) is 0 Å². The van der Waals surface area contributed by atoms with Gasteiger partial charge in [-0.1, -0.05) is 0 Å². The Morgan fingerprint density at radius 2 is 2.03 bits per heavy atom. The van der Waals surface area contributed by atoms with E-state index in [9.17, 15) is 14.8 Å². The Hall–Kier alpha value is -3.45. The van der Waals surface area contributed by atoms with Gasteiger partial charge in [0.1, 0.15) is 23.4 Å². The lowest BCUT2D eigenvalue weighted by atomic mass is 9.92. The maximum Gasteiger partial charge on any atom is 0.237 e. The van der Waals surface area contributed by atoms with Gasteiger partial charge in [0.25, 0.3) is 0 Å². The Bertz CT molecular complexity index is 1280. The van der Waals surface area contributed by atoms with Crippen LogP contribution in [0.1, 0.15) is 43.4 Å². The van der Waals surface area contributed by atoms with E-state index in [1.807, 2.05) is 47.1 Å². The molecule has 1 aromatic heterocycles. The van der Waals surface area contributed by atoms with Gasteiger partial charge in [-0.3, -0.25) is 4.68 Å². The number of methoxy groups -OCH3 is 1. The van der Waals surface area contributed by atoms with Gasteiger partial charge < -0.3 is 24.8 Å². The van der Waals surface area contributed by atoms with Crippen LogP contribution in [-0.2, 0) is 11.2 Å². The molecule has 5 rings (SSSR count). The van der Waals surface area contributed by atoms with Gasteiger partial charge in [0.05, 0.1) is 17.8 Å². The Balaban J connectivity index is 1.63. The number of aromatic nitrogens is 2. The Morgan fingerprint density at radius 3 is 2.78 bits per heavy atom. The fourth-order valence-electron chi connectivity index (χ4n) is 5.16. The van der Waals surface area contributed by atoms with Crippen LogP contribution in [0.25, 0.3) is 11.1 Å². The number of fused-ring (bicyclic) bond motifs is 1. The van der Waals surface area contributed by atoms with Crippen molar-refractivity contribution in [3.05, 3.63) is 59.7 Å². The average Bonchev–Trinajstić information content (AvgIpc) is 3.40. The van der Waals surface area contributed by atoms with Gasteiger partial charge in [-0.25, -0.2) is 4.39 Å². The maximum atomic E-state index is 13.8.